The molecule has 6 nitrogen and oxygen atoms in total. The van der Waals surface area contributed by atoms with Gasteiger partial charge in [0.05, 0.1) is 6.61 Å². The van der Waals surface area contributed by atoms with Crippen molar-refractivity contribution in [1.29, 1.82) is 0 Å². The Bertz CT molecular complexity index is 772. The number of rotatable bonds is 3. The first-order valence-electron chi connectivity index (χ1n) is 8.54. The van der Waals surface area contributed by atoms with Crippen LogP contribution in [0.4, 0.5) is 0 Å². The van der Waals surface area contributed by atoms with Gasteiger partial charge in [-0.25, -0.2) is 9.59 Å². The third-order valence-electron chi connectivity index (χ3n) is 4.01. The molecule has 1 unspecified atom stereocenters. The van der Waals surface area contributed by atoms with Crippen molar-refractivity contribution in [3.8, 4) is 0 Å². The molecule has 0 bridgehead atoms. The monoisotopic (exact) mass is 369 g/mol. The van der Waals surface area contributed by atoms with E-state index in [4.69, 9.17) is 14.9 Å². The molecule has 3 rings (SSSR count). The Balaban J connectivity index is 0.000000279. The van der Waals surface area contributed by atoms with Crippen LogP contribution in [0.1, 0.15) is 22.8 Å². The Hall–Kier alpha value is -2.96. The zero-order chi connectivity index (χ0) is 19.6. The highest BCUT2D eigenvalue weighted by Gasteiger charge is 2.20. The maximum atomic E-state index is 9.55. The largest absolute Gasteiger partial charge is 0.478 e. The zero-order valence-electron chi connectivity index (χ0n) is 15.1. The molecule has 1 heterocycles. The van der Waals surface area contributed by atoms with E-state index >= 15 is 0 Å². The Labute approximate surface area is 158 Å². The molecule has 0 radical (unpaired) electrons. The molecule has 27 heavy (non-hydrogen) atoms. The van der Waals surface area contributed by atoms with Gasteiger partial charge in [-0.3, -0.25) is 4.90 Å². The van der Waals surface area contributed by atoms with Crippen molar-refractivity contribution >= 4 is 11.9 Å². The van der Waals surface area contributed by atoms with E-state index in [1.54, 1.807) is 0 Å². The summed E-state index contributed by atoms with van der Waals surface area (Å²) in [5.74, 6) is -2.51. The second kappa shape index (κ2) is 10.3. The van der Waals surface area contributed by atoms with Crippen LogP contribution in [0.25, 0.3) is 0 Å². The van der Waals surface area contributed by atoms with Gasteiger partial charge in [-0.15, -0.1) is 0 Å². The summed E-state index contributed by atoms with van der Waals surface area (Å²) >= 11 is 0. The summed E-state index contributed by atoms with van der Waals surface area (Å²) in [4.78, 5) is 21.4. The van der Waals surface area contributed by atoms with Crippen molar-refractivity contribution in [3.63, 3.8) is 0 Å². The number of carboxylic acids is 2. The first-order chi connectivity index (χ1) is 13.0. The maximum Gasteiger partial charge on any atom is 0.328 e. The molecule has 0 saturated heterocycles. The van der Waals surface area contributed by atoms with E-state index < -0.39 is 11.9 Å². The molecule has 0 aliphatic carbocycles. The summed E-state index contributed by atoms with van der Waals surface area (Å²) in [5, 5.41) is 15.6. The number of benzene rings is 2. The van der Waals surface area contributed by atoms with E-state index in [2.05, 4.69) is 60.5 Å². The number of carboxylic acid groups (broad SMARTS) is 2. The summed E-state index contributed by atoms with van der Waals surface area (Å²) in [5.41, 5.74) is 3.89. The average molecular weight is 369 g/mol. The van der Waals surface area contributed by atoms with Crippen LogP contribution in [0.15, 0.2) is 66.7 Å². The highest BCUT2D eigenvalue weighted by molar-refractivity contribution is 5.89. The molecule has 0 aromatic heterocycles. The number of nitrogens with zero attached hydrogens (tertiary/aromatic N) is 1. The highest BCUT2D eigenvalue weighted by Crippen LogP contribution is 2.30. The standard InChI is InChI=1S/C17H19NO.C4H4O4/c1-18-11-12-19-17(14-7-3-2-4-8-14)16-10-6-5-9-15(16)13-18;5-3(6)1-2-4(7)8/h2-10,17H,11-13H2,1H3;1-2H,(H,5,6)(H,7,8)/b;2-1+. The van der Waals surface area contributed by atoms with Crippen LogP contribution in [-0.4, -0.2) is 47.3 Å². The van der Waals surface area contributed by atoms with Gasteiger partial charge in [0.2, 0.25) is 0 Å². The van der Waals surface area contributed by atoms with Gasteiger partial charge in [-0.2, -0.15) is 0 Å². The van der Waals surface area contributed by atoms with Crippen molar-refractivity contribution < 1.29 is 24.5 Å². The van der Waals surface area contributed by atoms with Gasteiger partial charge in [0, 0.05) is 25.2 Å². The van der Waals surface area contributed by atoms with Crippen LogP contribution in [0.2, 0.25) is 0 Å². The van der Waals surface area contributed by atoms with E-state index in [1.807, 2.05) is 6.07 Å². The molecule has 2 aromatic carbocycles. The summed E-state index contributed by atoms with van der Waals surface area (Å²) in [7, 11) is 2.14. The zero-order valence-corrected chi connectivity index (χ0v) is 15.1. The Morgan fingerprint density at radius 1 is 1.00 bits per heavy atom. The molecule has 0 saturated carbocycles. The van der Waals surface area contributed by atoms with E-state index in [0.717, 1.165) is 19.7 Å². The molecule has 0 fully saturated rings. The number of ether oxygens (including phenoxy) is 1. The van der Waals surface area contributed by atoms with Gasteiger partial charge in [0.25, 0.3) is 0 Å². The third-order valence-corrected chi connectivity index (χ3v) is 4.01. The lowest BCUT2D eigenvalue weighted by Crippen LogP contribution is -2.27. The van der Waals surface area contributed by atoms with Gasteiger partial charge in [-0.1, -0.05) is 54.6 Å². The summed E-state index contributed by atoms with van der Waals surface area (Å²) in [6.07, 6.45) is 1.18. The van der Waals surface area contributed by atoms with Crippen LogP contribution in [0, 0.1) is 0 Å². The molecule has 2 aromatic rings. The summed E-state index contributed by atoms with van der Waals surface area (Å²) < 4.78 is 6.12. The second-order valence-electron chi connectivity index (χ2n) is 6.11. The second-order valence-corrected chi connectivity index (χ2v) is 6.11. The first kappa shape index (κ1) is 20.4. The molecule has 0 spiro atoms. The number of hydrogen-bond donors (Lipinski definition) is 2. The lowest BCUT2D eigenvalue weighted by molar-refractivity contribution is -0.134. The van der Waals surface area contributed by atoms with E-state index in [1.165, 1.54) is 16.7 Å². The van der Waals surface area contributed by atoms with E-state index in [9.17, 15) is 9.59 Å². The van der Waals surface area contributed by atoms with Crippen molar-refractivity contribution in [2.24, 2.45) is 0 Å². The molecule has 1 atom stereocenters. The molecule has 1 aliphatic rings. The molecule has 6 heteroatoms. The van der Waals surface area contributed by atoms with Crippen LogP contribution in [0.3, 0.4) is 0 Å². The van der Waals surface area contributed by atoms with Crippen molar-refractivity contribution in [2.45, 2.75) is 12.6 Å². The maximum absolute atomic E-state index is 9.55. The van der Waals surface area contributed by atoms with Crippen LogP contribution in [-0.2, 0) is 20.9 Å². The molecule has 142 valence electrons. The molecule has 1 aliphatic heterocycles. The quantitative estimate of drug-likeness (QED) is 0.809. The van der Waals surface area contributed by atoms with Gasteiger partial charge in [0.1, 0.15) is 6.10 Å². The summed E-state index contributed by atoms with van der Waals surface area (Å²) in [6.45, 7) is 2.73. The highest BCUT2D eigenvalue weighted by atomic mass is 16.5. The fraction of sp³-hybridized carbons (Fsp3) is 0.238. The fourth-order valence-electron chi connectivity index (χ4n) is 2.77. The van der Waals surface area contributed by atoms with Crippen molar-refractivity contribution in [2.75, 3.05) is 20.2 Å². The summed E-state index contributed by atoms with van der Waals surface area (Å²) in [6, 6.07) is 19.1. The number of carbonyl (C=O) groups is 2. The number of likely N-dealkylation sites (N-methyl/N-ethyl adjacent to an activating group) is 1. The fourth-order valence-corrected chi connectivity index (χ4v) is 2.77. The Kier molecular flexibility index (Phi) is 7.73. The van der Waals surface area contributed by atoms with Gasteiger partial charge < -0.3 is 14.9 Å². The molecule has 0 amide bonds. The molecular weight excluding hydrogens is 346 g/mol. The minimum absolute atomic E-state index is 0.0612. The van der Waals surface area contributed by atoms with Crippen LogP contribution >= 0.6 is 0 Å². The van der Waals surface area contributed by atoms with Gasteiger partial charge >= 0.3 is 11.9 Å². The van der Waals surface area contributed by atoms with E-state index in [-0.39, 0.29) is 6.10 Å². The predicted molar refractivity (Wildman–Crippen MR) is 101 cm³/mol. The van der Waals surface area contributed by atoms with Crippen LogP contribution in [0.5, 0.6) is 0 Å². The third kappa shape index (κ3) is 6.69. The van der Waals surface area contributed by atoms with Gasteiger partial charge in [0.15, 0.2) is 0 Å². The SMILES string of the molecule is CN1CCOC(c2ccccc2)c2ccccc2C1.O=C(O)/C=C/C(=O)O. The van der Waals surface area contributed by atoms with Crippen molar-refractivity contribution in [3.05, 3.63) is 83.4 Å². The number of fused-ring (bicyclic) bond motifs is 1. The Morgan fingerprint density at radius 3 is 2.22 bits per heavy atom. The molecular formula is C21H23NO5. The predicted octanol–water partition coefficient (Wildman–Crippen LogP) is 2.95. The first-order valence-corrected chi connectivity index (χ1v) is 8.54. The van der Waals surface area contributed by atoms with Crippen molar-refractivity contribution in [1.82, 2.24) is 4.90 Å². The smallest absolute Gasteiger partial charge is 0.328 e. The lowest BCUT2D eigenvalue weighted by Gasteiger charge is -2.28. The lowest BCUT2D eigenvalue weighted by atomic mass is 9.96. The normalized spacial score (nSPS) is 17.1. The van der Waals surface area contributed by atoms with Gasteiger partial charge in [-0.05, 0) is 23.7 Å². The number of hydrogen-bond acceptors (Lipinski definition) is 4. The minimum Gasteiger partial charge on any atom is -0.478 e. The molecule has 2 N–H and O–H groups in total. The van der Waals surface area contributed by atoms with E-state index in [0.29, 0.717) is 12.2 Å². The minimum atomic E-state index is -1.26. The number of aliphatic carboxylic acids is 2. The van der Waals surface area contributed by atoms with Crippen LogP contribution < -0.4 is 0 Å². The topological polar surface area (TPSA) is 87.1 Å². The Morgan fingerprint density at radius 2 is 1.59 bits per heavy atom. The average Bonchev–Trinajstić information content (AvgIpc) is 2.64.